The van der Waals surface area contributed by atoms with Crippen molar-refractivity contribution in [3.05, 3.63) is 41.6 Å². The van der Waals surface area contributed by atoms with Crippen LogP contribution in [0.25, 0.3) is 0 Å². The van der Waals surface area contributed by atoms with E-state index in [1.807, 2.05) is 13.8 Å². The Balaban J connectivity index is 2.44. The average Bonchev–Trinajstić information content (AvgIpc) is 2.71. The van der Waals surface area contributed by atoms with Gasteiger partial charge in [-0.25, -0.2) is 4.98 Å². The van der Waals surface area contributed by atoms with Crippen LogP contribution in [0.2, 0.25) is 0 Å². The molecule has 2 rings (SSSR count). The van der Waals surface area contributed by atoms with Gasteiger partial charge < -0.3 is 25.2 Å². The first-order valence-electron chi connectivity index (χ1n) is 10.3. The van der Waals surface area contributed by atoms with Crippen LogP contribution >= 0.6 is 0 Å². The fraction of sp³-hybridized carbons (Fsp3) is 0.455. The Morgan fingerprint density at radius 3 is 2.59 bits per heavy atom. The summed E-state index contributed by atoms with van der Waals surface area (Å²) >= 11 is 0. The van der Waals surface area contributed by atoms with Crippen LogP contribution in [-0.2, 0) is 6.42 Å². The fourth-order valence-corrected chi connectivity index (χ4v) is 2.97. The van der Waals surface area contributed by atoms with E-state index in [4.69, 9.17) is 9.84 Å². The number of hydrogen-bond acceptors (Lipinski definition) is 6. The number of nitrogens with one attached hydrogen (secondary N) is 2. The van der Waals surface area contributed by atoms with Crippen molar-refractivity contribution in [3.63, 3.8) is 0 Å². The third-order valence-electron chi connectivity index (χ3n) is 4.47. The first kappa shape index (κ1) is 25.3. The molecule has 10 heteroatoms. The molecule has 0 saturated carbocycles. The van der Waals surface area contributed by atoms with E-state index in [1.165, 1.54) is 24.4 Å². The maximum atomic E-state index is 12.9. The summed E-state index contributed by atoms with van der Waals surface area (Å²) in [5, 5.41) is 14.6. The maximum absolute atomic E-state index is 12.9. The van der Waals surface area contributed by atoms with E-state index < -0.39 is 12.1 Å². The molecule has 1 aromatic heterocycles. The lowest BCUT2D eigenvalue weighted by atomic mass is 9.97. The molecule has 0 spiro atoms. The quantitative estimate of drug-likeness (QED) is 0.432. The molecular formula is C22H28F3N3O4. The molecule has 1 heterocycles. The number of aliphatic hydroxyl groups is 1. The van der Waals surface area contributed by atoms with Crippen LogP contribution in [0.1, 0.15) is 42.6 Å². The Morgan fingerprint density at radius 1 is 1.25 bits per heavy atom. The summed E-state index contributed by atoms with van der Waals surface area (Å²) < 4.78 is 47.5. The summed E-state index contributed by atoms with van der Waals surface area (Å²) in [4.78, 5) is 17.2. The van der Waals surface area contributed by atoms with Crippen LogP contribution in [0.15, 0.2) is 30.5 Å². The number of aromatic nitrogens is 1. The first-order chi connectivity index (χ1) is 15.1. The predicted octanol–water partition coefficient (Wildman–Crippen LogP) is 4.52. The Bertz CT molecular complexity index is 904. The van der Waals surface area contributed by atoms with Crippen LogP contribution in [0, 0.1) is 5.92 Å². The maximum Gasteiger partial charge on any atom is 0.573 e. The van der Waals surface area contributed by atoms with E-state index in [2.05, 4.69) is 20.4 Å². The van der Waals surface area contributed by atoms with E-state index in [0.717, 1.165) is 12.5 Å². The molecule has 1 amide bonds. The highest BCUT2D eigenvalue weighted by molar-refractivity contribution is 6.00. The largest absolute Gasteiger partial charge is 0.573 e. The fourth-order valence-electron chi connectivity index (χ4n) is 2.97. The number of benzene rings is 1. The lowest BCUT2D eigenvalue weighted by molar-refractivity contribution is -0.274. The predicted molar refractivity (Wildman–Crippen MR) is 114 cm³/mol. The van der Waals surface area contributed by atoms with Gasteiger partial charge in [-0.15, -0.1) is 13.2 Å². The second kappa shape index (κ2) is 11.6. The van der Waals surface area contributed by atoms with E-state index in [0.29, 0.717) is 35.7 Å². The van der Waals surface area contributed by atoms with Gasteiger partial charge in [-0.2, -0.15) is 0 Å². The normalized spacial score (nSPS) is 11.4. The molecule has 0 bridgehead atoms. The Morgan fingerprint density at radius 2 is 1.97 bits per heavy atom. The molecule has 0 aliphatic heterocycles. The van der Waals surface area contributed by atoms with Crippen molar-refractivity contribution >= 4 is 11.7 Å². The summed E-state index contributed by atoms with van der Waals surface area (Å²) in [6.45, 7) is 4.31. The third-order valence-corrected chi connectivity index (χ3v) is 4.47. The van der Waals surface area contributed by atoms with Gasteiger partial charge in [0.2, 0.25) is 0 Å². The summed E-state index contributed by atoms with van der Waals surface area (Å²) in [6.07, 6.45) is -1.75. The zero-order chi connectivity index (χ0) is 23.7. The number of hydrogen-bond donors (Lipinski definition) is 3. The lowest BCUT2D eigenvalue weighted by Gasteiger charge is -2.19. The molecule has 1 aromatic carbocycles. The van der Waals surface area contributed by atoms with Gasteiger partial charge >= 0.3 is 6.36 Å². The number of ether oxygens (including phenoxy) is 2. The second-order valence-corrected chi connectivity index (χ2v) is 7.46. The van der Waals surface area contributed by atoms with Gasteiger partial charge in [-0.3, -0.25) is 4.79 Å². The molecule has 0 fully saturated rings. The van der Waals surface area contributed by atoms with E-state index in [-0.39, 0.29) is 30.6 Å². The highest BCUT2D eigenvalue weighted by Crippen LogP contribution is 2.34. The highest BCUT2D eigenvalue weighted by Gasteiger charge is 2.31. The van der Waals surface area contributed by atoms with Crippen LogP contribution in [0.3, 0.4) is 0 Å². The third kappa shape index (κ3) is 7.60. The second-order valence-electron chi connectivity index (χ2n) is 7.46. The van der Waals surface area contributed by atoms with Gasteiger partial charge in [-0.1, -0.05) is 19.9 Å². The molecule has 7 nitrogen and oxygen atoms in total. The molecule has 2 aromatic rings. The standard InChI is InChI=1S/C22H28F3N3O4/c1-14(2)8-9-17-18(31-15-6-4-7-16(12-15)32-22(23,24)25)13-28-20(26-3)19(17)21(30)27-10-5-11-29/h4,6-7,12-14,29H,5,8-11H2,1-3H3,(H,26,28)(H,27,30). The summed E-state index contributed by atoms with van der Waals surface area (Å²) in [5.74, 6) is 0.271. The zero-order valence-corrected chi connectivity index (χ0v) is 18.3. The van der Waals surface area contributed by atoms with Crippen LogP contribution < -0.4 is 20.1 Å². The molecule has 0 saturated heterocycles. The molecule has 0 radical (unpaired) electrons. The molecule has 0 atom stereocenters. The van der Waals surface area contributed by atoms with Crippen molar-refractivity contribution in [3.8, 4) is 17.2 Å². The summed E-state index contributed by atoms with van der Waals surface area (Å²) in [5.41, 5.74) is 0.882. The van der Waals surface area contributed by atoms with Crippen molar-refractivity contribution < 1.29 is 32.5 Å². The van der Waals surface area contributed by atoms with Crippen LogP contribution in [0.4, 0.5) is 19.0 Å². The Labute approximate surface area is 185 Å². The molecule has 0 aliphatic carbocycles. The van der Waals surface area contributed by atoms with Gasteiger partial charge in [0.1, 0.15) is 23.1 Å². The van der Waals surface area contributed by atoms with E-state index in [1.54, 1.807) is 7.05 Å². The molecular weight excluding hydrogens is 427 g/mol. The van der Waals surface area contributed by atoms with Crippen LogP contribution in [-0.4, -0.2) is 42.6 Å². The minimum atomic E-state index is -4.82. The number of amides is 1. The van der Waals surface area contributed by atoms with Gasteiger partial charge in [0.05, 0.1) is 11.8 Å². The smallest absolute Gasteiger partial charge is 0.455 e. The number of rotatable bonds is 11. The number of carbonyl (C=O) groups excluding carboxylic acids is 1. The topological polar surface area (TPSA) is 92.7 Å². The van der Waals surface area contributed by atoms with Crippen LogP contribution in [0.5, 0.6) is 17.2 Å². The van der Waals surface area contributed by atoms with Gasteiger partial charge in [0, 0.05) is 31.8 Å². The molecule has 32 heavy (non-hydrogen) atoms. The minimum absolute atomic E-state index is 0.0584. The van der Waals surface area contributed by atoms with Gasteiger partial charge in [-0.05, 0) is 37.3 Å². The monoisotopic (exact) mass is 455 g/mol. The van der Waals surface area contributed by atoms with Crippen molar-refractivity contribution in [1.82, 2.24) is 10.3 Å². The van der Waals surface area contributed by atoms with E-state index in [9.17, 15) is 18.0 Å². The van der Waals surface area contributed by atoms with Gasteiger partial charge in [0.15, 0.2) is 0 Å². The van der Waals surface area contributed by atoms with Crippen molar-refractivity contribution in [1.29, 1.82) is 0 Å². The number of halogens is 3. The molecule has 0 unspecified atom stereocenters. The van der Waals surface area contributed by atoms with E-state index >= 15 is 0 Å². The SMILES string of the molecule is CNc1ncc(Oc2cccc(OC(F)(F)F)c2)c(CCC(C)C)c1C(=O)NCCCO. The molecule has 3 N–H and O–H groups in total. The van der Waals surface area contributed by atoms with Crippen molar-refractivity contribution in [2.75, 3.05) is 25.5 Å². The number of anilines is 1. The minimum Gasteiger partial charge on any atom is -0.455 e. The number of pyridine rings is 1. The molecule has 0 aliphatic rings. The zero-order valence-electron chi connectivity index (χ0n) is 18.3. The number of aliphatic hydroxyl groups excluding tert-OH is 1. The Hall–Kier alpha value is -3.01. The lowest BCUT2D eigenvalue weighted by Crippen LogP contribution is -2.27. The Kier molecular flexibility index (Phi) is 9.13. The number of carbonyl (C=O) groups is 1. The number of nitrogens with zero attached hydrogens (tertiary/aromatic N) is 1. The summed E-state index contributed by atoms with van der Waals surface area (Å²) in [7, 11) is 1.64. The number of alkyl halides is 3. The molecule has 176 valence electrons. The average molecular weight is 455 g/mol. The van der Waals surface area contributed by atoms with Gasteiger partial charge in [0.25, 0.3) is 5.91 Å². The van der Waals surface area contributed by atoms with Crippen molar-refractivity contribution in [2.45, 2.75) is 39.5 Å². The highest BCUT2D eigenvalue weighted by atomic mass is 19.4. The first-order valence-corrected chi connectivity index (χ1v) is 10.3. The van der Waals surface area contributed by atoms with Crippen molar-refractivity contribution in [2.24, 2.45) is 5.92 Å². The summed E-state index contributed by atoms with van der Waals surface area (Å²) in [6, 6.07) is 5.15.